The number of aryl methyl sites for hydroxylation is 1. The zero-order chi connectivity index (χ0) is 14.7. The summed E-state index contributed by atoms with van der Waals surface area (Å²) in [6.45, 7) is 4.31. The van der Waals surface area contributed by atoms with Crippen LogP contribution in [0.15, 0.2) is 30.5 Å². The molecule has 0 saturated carbocycles. The summed E-state index contributed by atoms with van der Waals surface area (Å²) in [7, 11) is 1.78. The number of amides is 1. The van der Waals surface area contributed by atoms with Gasteiger partial charge in [-0.2, -0.15) is 5.10 Å². The van der Waals surface area contributed by atoms with Crippen LogP contribution in [-0.2, 0) is 7.05 Å². The van der Waals surface area contributed by atoms with Crippen LogP contribution < -0.4 is 5.32 Å². The van der Waals surface area contributed by atoms with Crippen molar-refractivity contribution >= 4 is 34.2 Å². The number of aromatic nitrogens is 2. The summed E-state index contributed by atoms with van der Waals surface area (Å²) < 4.78 is 2.45. The van der Waals surface area contributed by atoms with Gasteiger partial charge in [0.05, 0.1) is 9.77 Å². The molecule has 0 saturated heterocycles. The Morgan fingerprint density at radius 2 is 2.15 bits per heavy atom. The van der Waals surface area contributed by atoms with Crippen molar-refractivity contribution in [3.63, 3.8) is 0 Å². The Hall–Kier alpha value is -1.37. The lowest BCUT2D eigenvalue weighted by atomic mass is 9.97. The van der Waals surface area contributed by atoms with E-state index < -0.39 is 0 Å². The molecule has 1 aromatic carbocycles. The molecular weight excluding hydrogens is 365 g/mol. The third kappa shape index (κ3) is 3.03. The van der Waals surface area contributed by atoms with E-state index in [1.165, 1.54) is 5.56 Å². The molecule has 0 spiro atoms. The number of para-hydroxylation sites is 1. The highest BCUT2D eigenvalue weighted by molar-refractivity contribution is 14.1. The van der Waals surface area contributed by atoms with E-state index in [1.807, 2.05) is 18.2 Å². The minimum atomic E-state index is -0.120. The number of carbonyl (C=O) groups is 1. The average molecular weight is 383 g/mol. The SMILES string of the molecule is CCC(C)c1ccccc1NC(=O)c1c(I)cnn1C. The fraction of sp³-hybridized carbons (Fsp3) is 0.333. The zero-order valence-corrected chi connectivity index (χ0v) is 14.0. The summed E-state index contributed by atoms with van der Waals surface area (Å²) >= 11 is 2.12. The van der Waals surface area contributed by atoms with Gasteiger partial charge in [0.1, 0.15) is 5.69 Å². The smallest absolute Gasteiger partial charge is 0.275 e. The standard InChI is InChI=1S/C15H18IN3O/c1-4-10(2)11-7-5-6-8-13(11)18-15(20)14-12(16)9-17-19(14)3/h5-10H,4H2,1-3H3,(H,18,20). The van der Waals surface area contributed by atoms with Gasteiger partial charge < -0.3 is 5.32 Å². The van der Waals surface area contributed by atoms with E-state index in [0.29, 0.717) is 11.6 Å². The van der Waals surface area contributed by atoms with Crippen molar-refractivity contribution in [3.05, 3.63) is 45.3 Å². The summed E-state index contributed by atoms with van der Waals surface area (Å²) in [5, 5.41) is 7.11. The molecule has 106 valence electrons. The molecule has 1 aromatic heterocycles. The maximum Gasteiger partial charge on any atom is 0.275 e. The van der Waals surface area contributed by atoms with Gasteiger partial charge in [0, 0.05) is 12.7 Å². The minimum absolute atomic E-state index is 0.120. The molecule has 1 heterocycles. The highest BCUT2D eigenvalue weighted by Crippen LogP contribution is 2.27. The van der Waals surface area contributed by atoms with Crippen LogP contribution in [0, 0.1) is 3.57 Å². The molecule has 2 rings (SSSR count). The number of hydrogen-bond donors (Lipinski definition) is 1. The van der Waals surface area contributed by atoms with Crippen molar-refractivity contribution in [1.82, 2.24) is 9.78 Å². The first-order chi connectivity index (χ1) is 9.54. The predicted octanol–water partition coefficient (Wildman–Crippen LogP) is 3.79. The van der Waals surface area contributed by atoms with Gasteiger partial charge in [-0.25, -0.2) is 0 Å². The first-order valence-corrected chi connectivity index (χ1v) is 7.70. The number of anilines is 1. The topological polar surface area (TPSA) is 46.9 Å². The Morgan fingerprint density at radius 3 is 2.75 bits per heavy atom. The zero-order valence-electron chi connectivity index (χ0n) is 11.9. The second-order valence-electron chi connectivity index (χ2n) is 4.82. The molecule has 1 unspecified atom stereocenters. The molecule has 0 aliphatic rings. The molecule has 0 aliphatic heterocycles. The summed E-state index contributed by atoms with van der Waals surface area (Å²) in [6.07, 6.45) is 2.73. The molecule has 2 aromatic rings. The van der Waals surface area contributed by atoms with Gasteiger partial charge in [0.15, 0.2) is 0 Å². The maximum atomic E-state index is 12.4. The quantitative estimate of drug-likeness (QED) is 0.817. The van der Waals surface area contributed by atoms with Crippen LogP contribution in [0.5, 0.6) is 0 Å². The number of benzene rings is 1. The van der Waals surface area contributed by atoms with E-state index >= 15 is 0 Å². The first kappa shape index (κ1) is 15.0. The van der Waals surface area contributed by atoms with Crippen LogP contribution >= 0.6 is 22.6 Å². The lowest BCUT2D eigenvalue weighted by Gasteiger charge is -2.15. The van der Waals surface area contributed by atoms with Crippen molar-refractivity contribution in [2.45, 2.75) is 26.2 Å². The van der Waals surface area contributed by atoms with Crippen molar-refractivity contribution in [2.75, 3.05) is 5.32 Å². The van der Waals surface area contributed by atoms with Crippen LogP contribution in [-0.4, -0.2) is 15.7 Å². The van der Waals surface area contributed by atoms with Gasteiger partial charge in [-0.1, -0.05) is 32.0 Å². The lowest BCUT2D eigenvalue weighted by molar-refractivity contribution is 0.101. The molecule has 0 fully saturated rings. The van der Waals surface area contributed by atoms with Gasteiger partial charge >= 0.3 is 0 Å². The number of nitrogens with zero attached hydrogens (tertiary/aromatic N) is 2. The summed E-state index contributed by atoms with van der Waals surface area (Å²) in [4.78, 5) is 12.4. The van der Waals surface area contributed by atoms with E-state index in [4.69, 9.17) is 0 Å². The third-order valence-corrected chi connectivity index (χ3v) is 4.25. The molecule has 0 aliphatic carbocycles. The van der Waals surface area contributed by atoms with E-state index in [1.54, 1.807) is 17.9 Å². The monoisotopic (exact) mass is 383 g/mol. The fourth-order valence-electron chi connectivity index (χ4n) is 2.11. The number of hydrogen-bond acceptors (Lipinski definition) is 2. The van der Waals surface area contributed by atoms with Gasteiger partial charge in [-0.3, -0.25) is 9.48 Å². The van der Waals surface area contributed by atoms with Crippen LogP contribution in [0.3, 0.4) is 0 Å². The van der Waals surface area contributed by atoms with Crippen LogP contribution in [0.2, 0.25) is 0 Å². The second kappa shape index (κ2) is 6.39. The van der Waals surface area contributed by atoms with Crippen molar-refractivity contribution < 1.29 is 4.79 Å². The predicted molar refractivity (Wildman–Crippen MR) is 89.0 cm³/mol. The Balaban J connectivity index is 2.29. The van der Waals surface area contributed by atoms with E-state index in [0.717, 1.165) is 15.7 Å². The normalized spacial score (nSPS) is 12.2. The molecule has 1 atom stereocenters. The van der Waals surface area contributed by atoms with Gasteiger partial charge in [0.2, 0.25) is 0 Å². The summed E-state index contributed by atoms with van der Waals surface area (Å²) in [5.41, 5.74) is 2.63. The second-order valence-corrected chi connectivity index (χ2v) is 5.98. The number of halogens is 1. The van der Waals surface area contributed by atoms with E-state index in [-0.39, 0.29) is 5.91 Å². The van der Waals surface area contributed by atoms with Gasteiger partial charge in [0.25, 0.3) is 5.91 Å². The largest absolute Gasteiger partial charge is 0.320 e. The van der Waals surface area contributed by atoms with Crippen molar-refractivity contribution in [1.29, 1.82) is 0 Å². The maximum absolute atomic E-state index is 12.4. The van der Waals surface area contributed by atoms with Crippen molar-refractivity contribution in [3.8, 4) is 0 Å². The van der Waals surface area contributed by atoms with Crippen molar-refractivity contribution in [2.24, 2.45) is 7.05 Å². The Bertz CT molecular complexity index is 602. The molecule has 20 heavy (non-hydrogen) atoms. The molecular formula is C15H18IN3O. The molecule has 0 bridgehead atoms. The fourth-order valence-corrected chi connectivity index (χ4v) is 2.83. The van der Waals surface area contributed by atoms with Crippen LogP contribution in [0.4, 0.5) is 5.69 Å². The number of rotatable bonds is 4. The molecule has 0 radical (unpaired) electrons. The van der Waals surface area contributed by atoms with Crippen LogP contribution in [0.1, 0.15) is 42.2 Å². The Labute approximate surface area is 132 Å². The van der Waals surface area contributed by atoms with E-state index in [9.17, 15) is 4.79 Å². The Kier molecular flexibility index (Phi) is 4.80. The molecule has 4 nitrogen and oxygen atoms in total. The first-order valence-electron chi connectivity index (χ1n) is 6.62. The number of carbonyl (C=O) groups excluding carboxylic acids is 1. The highest BCUT2D eigenvalue weighted by Gasteiger charge is 2.17. The molecule has 5 heteroatoms. The Morgan fingerprint density at radius 1 is 1.45 bits per heavy atom. The van der Waals surface area contributed by atoms with Gasteiger partial charge in [-0.15, -0.1) is 0 Å². The third-order valence-electron chi connectivity index (χ3n) is 3.46. The van der Waals surface area contributed by atoms with E-state index in [2.05, 4.69) is 52.9 Å². The van der Waals surface area contributed by atoms with Gasteiger partial charge in [-0.05, 0) is 46.6 Å². The minimum Gasteiger partial charge on any atom is -0.320 e. The summed E-state index contributed by atoms with van der Waals surface area (Å²) in [5.74, 6) is 0.294. The summed E-state index contributed by atoms with van der Waals surface area (Å²) in [6, 6.07) is 7.96. The molecule has 1 amide bonds. The number of nitrogens with one attached hydrogen (secondary N) is 1. The average Bonchev–Trinajstić information content (AvgIpc) is 2.78. The highest BCUT2D eigenvalue weighted by atomic mass is 127. The lowest BCUT2D eigenvalue weighted by Crippen LogP contribution is -2.18. The molecule has 1 N–H and O–H groups in total. The van der Waals surface area contributed by atoms with Crippen LogP contribution in [0.25, 0.3) is 0 Å².